The highest BCUT2D eigenvalue weighted by Gasteiger charge is 2.42. The SMILES string of the molecule is CCCCC1(CC)CN(c2ccccc2)c2cc(Br)c(O/C=C(\F)C(=O)OC)cc2S(O)(O)C1. The summed E-state index contributed by atoms with van der Waals surface area (Å²) >= 11 is 3.46. The molecule has 0 aromatic heterocycles. The first-order valence-corrected chi connectivity index (χ1v) is 13.7. The number of benzene rings is 2. The zero-order valence-corrected chi connectivity index (χ0v) is 22.0. The smallest absolute Gasteiger partial charge is 0.370 e. The van der Waals surface area contributed by atoms with Crippen molar-refractivity contribution in [2.45, 2.75) is 44.4 Å². The van der Waals surface area contributed by atoms with Crippen molar-refractivity contribution < 1.29 is 27.8 Å². The molecule has 1 unspecified atom stereocenters. The Labute approximate surface area is 210 Å². The van der Waals surface area contributed by atoms with E-state index in [2.05, 4.69) is 39.4 Å². The lowest BCUT2D eigenvalue weighted by Crippen LogP contribution is -2.37. The highest BCUT2D eigenvalue weighted by Crippen LogP contribution is 2.61. The van der Waals surface area contributed by atoms with Crippen molar-refractivity contribution in [3.63, 3.8) is 0 Å². The van der Waals surface area contributed by atoms with E-state index >= 15 is 0 Å². The third-order valence-corrected chi connectivity index (χ3v) is 8.87. The van der Waals surface area contributed by atoms with E-state index in [-0.39, 0.29) is 16.9 Å². The van der Waals surface area contributed by atoms with Gasteiger partial charge in [-0.25, -0.2) is 4.79 Å². The third-order valence-electron chi connectivity index (χ3n) is 6.21. The molecule has 2 aromatic rings. The van der Waals surface area contributed by atoms with E-state index in [1.54, 1.807) is 6.07 Å². The number of anilines is 2. The largest absolute Gasteiger partial charge is 0.464 e. The first-order chi connectivity index (χ1) is 16.2. The summed E-state index contributed by atoms with van der Waals surface area (Å²) in [6.07, 6.45) is 4.30. The molecule has 0 bridgehead atoms. The summed E-state index contributed by atoms with van der Waals surface area (Å²) in [5.74, 6) is -1.98. The fraction of sp³-hybridized carbons (Fsp3) is 0.400. The Hall–Kier alpha value is -2.07. The van der Waals surface area contributed by atoms with Crippen LogP contribution in [0.25, 0.3) is 0 Å². The standard InChI is InChI=1S/C25H31BrFNO5S/c1-4-6-12-25(5-2)16-28(18-10-8-7-9-11-18)21-13-19(26)22(14-23(21)34(30,31)17-25)33-15-20(27)24(29)32-3/h7-11,13-15,30-31H,4-6,12,16-17H2,1-3H3/b20-15-. The molecule has 9 heteroatoms. The average Bonchev–Trinajstić information content (AvgIpc) is 2.93. The first-order valence-electron chi connectivity index (χ1n) is 11.2. The molecule has 186 valence electrons. The molecule has 2 aromatic carbocycles. The quantitative estimate of drug-likeness (QED) is 0.198. The van der Waals surface area contributed by atoms with E-state index in [1.165, 1.54) is 6.07 Å². The number of hydrogen-bond donors (Lipinski definition) is 2. The molecule has 1 heterocycles. The fourth-order valence-corrected chi connectivity index (χ4v) is 6.92. The molecule has 0 saturated heterocycles. The number of carbonyl (C=O) groups is 1. The Kier molecular flexibility index (Phi) is 8.67. The molecule has 1 aliphatic heterocycles. The Bertz CT molecular complexity index is 1050. The summed E-state index contributed by atoms with van der Waals surface area (Å²) in [5.41, 5.74) is 1.27. The van der Waals surface area contributed by atoms with Crippen molar-refractivity contribution in [1.82, 2.24) is 0 Å². The van der Waals surface area contributed by atoms with Crippen LogP contribution < -0.4 is 9.64 Å². The van der Waals surface area contributed by atoms with E-state index in [0.29, 0.717) is 27.9 Å². The maximum Gasteiger partial charge on any atom is 0.370 e. The van der Waals surface area contributed by atoms with Gasteiger partial charge in [0.15, 0.2) is 0 Å². The van der Waals surface area contributed by atoms with Gasteiger partial charge < -0.3 is 14.4 Å². The maximum absolute atomic E-state index is 13.9. The fourth-order valence-electron chi connectivity index (χ4n) is 4.25. The van der Waals surface area contributed by atoms with Gasteiger partial charge >= 0.3 is 5.97 Å². The van der Waals surface area contributed by atoms with Crippen molar-refractivity contribution in [2.75, 3.05) is 24.3 Å². The van der Waals surface area contributed by atoms with Crippen molar-refractivity contribution in [3.8, 4) is 5.75 Å². The van der Waals surface area contributed by atoms with Gasteiger partial charge in [0.25, 0.3) is 0 Å². The Morgan fingerprint density at radius 1 is 1.26 bits per heavy atom. The summed E-state index contributed by atoms with van der Waals surface area (Å²) in [6.45, 7) is 4.85. The molecule has 0 spiro atoms. The van der Waals surface area contributed by atoms with Crippen LogP contribution in [0.3, 0.4) is 0 Å². The van der Waals surface area contributed by atoms with E-state index < -0.39 is 22.4 Å². The lowest BCUT2D eigenvalue weighted by molar-refractivity contribution is -0.137. The summed E-state index contributed by atoms with van der Waals surface area (Å²) in [4.78, 5) is 13.8. The lowest BCUT2D eigenvalue weighted by atomic mass is 9.81. The number of esters is 1. The minimum Gasteiger partial charge on any atom is -0.464 e. The van der Waals surface area contributed by atoms with Crippen LogP contribution in [0, 0.1) is 5.41 Å². The number of halogens is 2. The number of para-hydroxylation sites is 1. The number of ether oxygens (including phenoxy) is 2. The zero-order chi connectivity index (χ0) is 24.9. The molecule has 0 saturated carbocycles. The minimum atomic E-state index is -3.22. The van der Waals surface area contributed by atoms with Gasteiger partial charge in [-0.3, -0.25) is 9.11 Å². The third kappa shape index (κ3) is 5.76. The van der Waals surface area contributed by atoms with Crippen LogP contribution >= 0.6 is 26.5 Å². The maximum atomic E-state index is 13.9. The summed E-state index contributed by atoms with van der Waals surface area (Å²) in [6, 6.07) is 13.1. The predicted octanol–water partition coefficient (Wildman–Crippen LogP) is 7.66. The summed E-state index contributed by atoms with van der Waals surface area (Å²) in [5, 5.41) is 0. The molecular formula is C25H31BrFNO5S. The van der Waals surface area contributed by atoms with Gasteiger partial charge in [-0.1, -0.05) is 44.9 Å². The topological polar surface area (TPSA) is 79.2 Å². The molecule has 6 nitrogen and oxygen atoms in total. The highest BCUT2D eigenvalue weighted by atomic mass is 79.9. The van der Waals surface area contributed by atoms with Crippen LogP contribution in [0.5, 0.6) is 5.75 Å². The summed E-state index contributed by atoms with van der Waals surface area (Å²) < 4.78 is 47.0. The van der Waals surface area contributed by atoms with E-state index in [1.807, 2.05) is 30.3 Å². The van der Waals surface area contributed by atoms with Crippen LogP contribution in [-0.2, 0) is 9.53 Å². The van der Waals surface area contributed by atoms with Gasteiger partial charge in [0.1, 0.15) is 12.0 Å². The molecule has 0 fully saturated rings. The number of methoxy groups -OCH3 is 1. The lowest BCUT2D eigenvalue weighted by Gasteiger charge is -2.41. The second kappa shape index (κ2) is 11.1. The molecule has 34 heavy (non-hydrogen) atoms. The number of rotatable bonds is 8. The average molecular weight is 556 g/mol. The molecule has 3 rings (SSSR count). The second-order valence-electron chi connectivity index (χ2n) is 8.52. The van der Waals surface area contributed by atoms with Crippen LogP contribution in [-0.4, -0.2) is 34.5 Å². The number of nitrogens with zero attached hydrogens (tertiary/aromatic N) is 1. The number of carbonyl (C=O) groups excluding carboxylic acids is 1. The highest BCUT2D eigenvalue weighted by molar-refractivity contribution is 9.10. The van der Waals surface area contributed by atoms with Crippen LogP contribution in [0.2, 0.25) is 0 Å². The number of hydrogen-bond acceptors (Lipinski definition) is 6. The van der Waals surface area contributed by atoms with Crippen molar-refractivity contribution in [2.24, 2.45) is 5.41 Å². The number of unbranched alkanes of at least 4 members (excludes halogenated alkanes) is 1. The van der Waals surface area contributed by atoms with Crippen molar-refractivity contribution in [1.29, 1.82) is 0 Å². The van der Waals surface area contributed by atoms with Crippen LogP contribution in [0.1, 0.15) is 39.5 Å². The molecule has 0 aliphatic carbocycles. The van der Waals surface area contributed by atoms with Gasteiger partial charge in [0.2, 0.25) is 5.83 Å². The van der Waals surface area contributed by atoms with Crippen molar-refractivity contribution >= 4 is 43.9 Å². The van der Waals surface area contributed by atoms with Gasteiger partial charge in [0, 0.05) is 29.5 Å². The van der Waals surface area contributed by atoms with Crippen LogP contribution in [0.4, 0.5) is 15.8 Å². The van der Waals surface area contributed by atoms with Gasteiger partial charge in [0.05, 0.1) is 22.2 Å². The molecule has 0 radical (unpaired) electrons. The summed E-state index contributed by atoms with van der Waals surface area (Å²) in [7, 11) is -2.15. The molecule has 0 amide bonds. The Morgan fingerprint density at radius 3 is 2.59 bits per heavy atom. The minimum absolute atomic E-state index is 0.156. The van der Waals surface area contributed by atoms with E-state index in [0.717, 1.165) is 38.5 Å². The van der Waals surface area contributed by atoms with E-state index in [4.69, 9.17) is 4.74 Å². The molecule has 1 atom stereocenters. The van der Waals surface area contributed by atoms with Crippen LogP contribution in [0.15, 0.2) is 63.9 Å². The van der Waals surface area contributed by atoms with Gasteiger partial charge in [-0.05, 0) is 47.0 Å². The monoisotopic (exact) mass is 555 g/mol. The molecule has 2 N–H and O–H groups in total. The van der Waals surface area contributed by atoms with Gasteiger partial charge in [-0.2, -0.15) is 15.0 Å². The molecular weight excluding hydrogens is 525 g/mol. The zero-order valence-electron chi connectivity index (χ0n) is 19.6. The normalized spacial score (nSPS) is 20.8. The predicted molar refractivity (Wildman–Crippen MR) is 138 cm³/mol. The first kappa shape index (κ1) is 26.5. The Morgan fingerprint density at radius 2 is 1.97 bits per heavy atom. The Balaban J connectivity index is 2.15. The number of fused-ring (bicyclic) bond motifs is 1. The van der Waals surface area contributed by atoms with Gasteiger partial charge in [-0.15, -0.1) is 0 Å². The molecule has 1 aliphatic rings. The second-order valence-corrected chi connectivity index (χ2v) is 11.4. The van der Waals surface area contributed by atoms with E-state index in [9.17, 15) is 18.3 Å². The van der Waals surface area contributed by atoms with Crippen molar-refractivity contribution in [3.05, 3.63) is 59.0 Å².